The lowest BCUT2D eigenvalue weighted by Gasteiger charge is -2.09. The van der Waals surface area contributed by atoms with Crippen molar-refractivity contribution in [2.24, 2.45) is 0 Å². The first kappa shape index (κ1) is 12.1. The Balaban J connectivity index is 2.96. The fourth-order valence-corrected chi connectivity index (χ4v) is 1.92. The first-order valence-electron chi connectivity index (χ1n) is 4.10. The summed E-state index contributed by atoms with van der Waals surface area (Å²) in [6.45, 7) is 0. The third-order valence-electron chi connectivity index (χ3n) is 1.73. The highest BCUT2D eigenvalue weighted by Gasteiger charge is 2.15. The molecule has 1 aromatic rings. The van der Waals surface area contributed by atoms with Crippen molar-refractivity contribution in [3.63, 3.8) is 0 Å². The van der Waals surface area contributed by atoms with E-state index in [0.717, 1.165) is 18.4 Å². The Labute approximate surface area is 86.3 Å². The van der Waals surface area contributed by atoms with Gasteiger partial charge in [-0.05, 0) is 17.7 Å². The average Bonchev–Trinajstić information content (AvgIpc) is 1.98. The molecule has 0 aliphatic rings. The summed E-state index contributed by atoms with van der Waals surface area (Å²) in [6, 6.07) is 2.45. The van der Waals surface area contributed by atoms with E-state index in [0.29, 0.717) is 6.07 Å². The van der Waals surface area contributed by atoms with Gasteiger partial charge in [0.25, 0.3) is 0 Å². The van der Waals surface area contributed by atoms with Gasteiger partial charge in [0.15, 0.2) is 0 Å². The lowest BCUT2D eigenvalue weighted by molar-refractivity contribution is 0.201. The van der Waals surface area contributed by atoms with Crippen LogP contribution >= 0.6 is 0 Å². The van der Waals surface area contributed by atoms with E-state index in [1.54, 1.807) is 0 Å². The molecule has 0 aromatic heterocycles. The van der Waals surface area contributed by atoms with E-state index in [1.165, 1.54) is 0 Å². The number of aliphatic hydroxyl groups excluding tert-OH is 1. The minimum absolute atomic E-state index is 0.0853. The van der Waals surface area contributed by atoms with Crippen molar-refractivity contribution in [2.75, 3.05) is 12.0 Å². The zero-order valence-electron chi connectivity index (χ0n) is 7.94. The first-order chi connectivity index (χ1) is 6.78. The summed E-state index contributed by atoms with van der Waals surface area (Å²) in [6.07, 6.45) is -0.475. The highest BCUT2D eigenvalue weighted by atomic mass is 32.2. The van der Waals surface area contributed by atoms with Crippen molar-refractivity contribution in [1.29, 1.82) is 0 Å². The molecule has 1 atom stereocenters. The maximum absolute atomic E-state index is 12.7. The number of benzene rings is 1. The van der Waals surface area contributed by atoms with Gasteiger partial charge in [0.2, 0.25) is 0 Å². The van der Waals surface area contributed by atoms with Crippen LogP contribution in [0.3, 0.4) is 0 Å². The minimum Gasteiger partial charge on any atom is -0.387 e. The van der Waals surface area contributed by atoms with Crippen LogP contribution in [0.5, 0.6) is 0 Å². The summed E-state index contributed by atoms with van der Waals surface area (Å²) in [7, 11) is -3.39. The van der Waals surface area contributed by atoms with Crippen molar-refractivity contribution in [2.45, 2.75) is 6.10 Å². The first-order valence-corrected chi connectivity index (χ1v) is 6.16. The Morgan fingerprint density at radius 2 is 1.73 bits per heavy atom. The van der Waals surface area contributed by atoms with Crippen molar-refractivity contribution in [1.82, 2.24) is 0 Å². The van der Waals surface area contributed by atoms with E-state index in [-0.39, 0.29) is 5.56 Å². The Morgan fingerprint density at radius 3 is 2.13 bits per heavy atom. The molecule has 0 aliphatic heterocycles. The molecular weight excluding hydrogens is 226 g/mol. The second-order valence-electron chi connectivity index (χ2n) is 3.31. The largest absolute Gasteiger partial charge is 0.387 e. The molecule has 0 spiro atoms. The number of aliphatic hydroxyl groups is 1. The van der Waals surface area contributed by atoms with Crippen LogP contribution in [0.25, 0.3) is 0 Å². The molecule has 0 aliphatic carbocycles. The monoisotopic (exact) mass is 236 g/mol. The normalized spacial score (nSPS) is 13.9. The van der Waals surface area contributed by atoms with E-state index in [9.17, 15) is 22.3 Å². The summed E-state index contributed by atoms with van der Waals surface area (Å²) in [5.74, 6) is -2.26. The van der Waals surface area contributed by atoms with E-state index in [1.807, 2.05) is 0 Å². The molecule has 1 N–H and O–H groups in total. The van der Waals surface area contributed by atoms with Gasteiger partial charge in [-0.3, -0.25) is 0 Å². The van der Waals surface area contributed by atoms with Crippen LogP contribution in [0, 0.1) is 11.6 Å². The van der Waals surface area contributed by atoms with E-state index in [4.69, 9.17) is 0 Å². The fraction of sp³-hybridized carbons (Fsp3) is 0.333. The van der Waals surface area contributed by atoms with E-state index < -0.39 is 33.3 Å². The van der Waals surface area contributed by atoms with Crippen LogP contribution < -0.4 is 0 Å². The number of sulfone groups is 1. The van der Waals surface area contributed by atoms with Gasteiger partial charge in [-0.25, -0.2) is 17.2 Å². The number of halogens is 2. The summed E-state index contributed by atoms with van der Waals surface area (Å²) in [5, 5.41) is 9.39. The second-order valence-corrected chi connectivity index (χ2v) is 5.50. The van der Waals surface area contributed by atoms with Gasteiger partial charge in [-0.15, -0.1) is 0 Å². The molecule has 0 saturated carbocycles. The van der Waals surface area contributed by atoms with Crippen LogP contribution in [-0.2, 0) is 9.84 Å². The standard InChI is InChI=1S/C9H10F2O3S/c1-15(13,14)5-9(12)6-2-7(10)4-8(11)3-6/h2-4,9,12H,5H2,1H3. The highest BCUT2D eigenvalue weighted by Crippen LogP contribution is 2.17. The lowest BCUT2D eigenvalue weighted by Crippen LogP contribution is -2.13. The molecule has 0 saturated heterocycles. The fourth-order valence-electron chi connectivity index (χ4n) is 1.15. The molecule has 1 rings (SSSR count). The third kappa shape index (κ3) is 3.93. The van der Waals surface area contributed by atoms with Crippen molar-refractivity contribution in [3.05, 3.63) is 35.4 Å². The van der Waals surface area contributed by atoms with Gasteiger partial charge in [-0.2, -0.15) is 0 Å². The van der Waals surface area contributed by atoms with Gasteiger partial charge in [0.05, 0.1) is 11.9 Å². The Morgan fingerprint density at radius 1 is 1.27 bits per heavy atom. The molecule has 6 heteroatoms. The van der Waals surface area contributed by atoms with Gasteiger partial charge < -0.3 is 5.11 Å². The Bertz CT molecular complexity index is 436. The summed E-state index contributed by atoms with van der Waals surface area (Å²) < 4.78 is 47.1. The number of hydrogen-bond donors (Lipinski definition) is 1. The molecule has 0 bridgehead atoms. The van der Waals surface area contributed by atoms with Crippen molar-refractivity contribution in [3.8, 4) is 0 Å². The predicted octanol–water partition coefficient (Wildman–Crippen LogP) is 1.04. The molecule has 1 aromatic carbocycles. The van der Waals surface area contributed by atoms with Gasteiger partial charge in [0.1, 0.15) is 21.5 Å². The number of rotatable bonds is 3. The van der Waals surface area contributed by atoms with Crippen LogP contribution in [0.15, 0.2) is 18.2 Å². The van der Waals surface area contributed by atoms with Gasteiger partial charge in [0, 0.05) is 12.3 Å². The number of hydrogen-bond acceptors (Lipinski definition) is 3. The Kier molecular flexibility index (Phi) is 3.41. The van der Waals surface area contributed by atoms with E-state index in [2.05, 4.69) is 0 Å². The lowest BCUT2D eigenvalue weighted by atomic mass is 10.1. The van der Waals surface area contributed by atoms with Gasteiger partial charge >= 0.3 is 0 Å². The summed E-state index contributed by atoms with van der Waals surface area (Å²) in [5.41, 5.74) is -0.0853. The zero-order valence-corrected chi connectivity index (χ0v) is 8.76. The molecule has 0 radical (unpaired) electrons. The predicted molar refractivity (Wildman–Crippen MR) is 51.0 cm³/mol. The topological polar surface area (TPSA) is 54.4 Å². The van der Waals surface area contributed by atoms with Crippen LogP contribution in [-0.4, -0.2) is 25.5 Å². The molecule has 0 amide bonds. The maximum Gasteiger partial charge on any atom is 0.150 e. The molecule has 15 heavy (non-hydrogen) atoms. The smallest absolute Gasteiger partial charge is 0.150 e. The zero-order chi connectivity index (χ0) is 11.6. The summed E-state index contributed by atoms with van der Waals surface area (Å²) >= 11 is 0. The molecule has 84 valence electrons. The molecule has 1 unspecified atom stereocenters. The van der Waals surface area contributed by atoms with Crippen molar-refractivity contribution >= 4 is 9.84 Å². The third-order valence-corrected chi connectivity index (χ3v) is 2.65. The van der Waals surface area contributed by atoms with Gasteiger partial charge in [-0.1, -0.05) is 0 Å². The Hall–Kier alpha value is -1.01. The van der Waals surface area contributed by atoms with Crippen molar-refractivity contribution < 1.29 is 22.3 Å². The average molecular weight is 236 g/mol. The SMILES string of the molecule is CS(=O)(=O)CC(O)c1cc(F)cc(F)c1. The van der Waals surface area contributed by atoms with Crippen LogP contribution in [0.1, 0.15) is 11.7 Å². The van der Waals surface area contributed by atoms with Crippen LogP contribution in [0.4, 0.5) is 8.78 Å². The molecule has 3 nitrogen and oxygen atoms in total. The second kappa shape index (κ2) is 4.24. The highest BCUT2D eigenvalue weighted by molar-refractivity contribution is 7.90. The molecular formula is C9H10F2O3S. The van der Waals surface area contributed by atoms with Crippen LogP contribution in [0.2, 0.25) is 0 Å². The maximum atomic E-state index is 12.7. The van der Waals surface area contributed by atoms with E-state index >= 15 is 0 Å². The minimum atomic E-state index is -3.39. The quantitative estimate of drug-likeness (QED) is 0.853. The molecule has 0 heterocycles. The molecule has 0 fully saturated rings. The summed E-state index contributed by atoms with van der Waals surface area (Å²) in [4.78, 5) is 0.